The third kappa shape index (κ3) is 15.7. The van der Waals surface area contributed by atoms with E-state index in [2.05, 4.69) is 519 Å². The van der Waals surface area contributed by atoms with Gasteiger partial charge in [0.25, 0.3) is 13.4 Å². The lowest BCUT2D eigenvalue weighted by Crippen LogP contribution is -2.61. The van der Waals surface area contributed by atoms with Gasteiger partial charge in [-0.25, -0.2) is 0 Å². The highest BCUT2D eigenvalue weighted by Crippen LogP contribution is 2.55. The van der Waals surface area contributed by atoms with E-state index in [1.54, 1.807) is 0 Å². The molecule has 0 saturated carbocycles. The first-order chi connectivity index (χ1) is 71.4. The Hall–Kier alpha value is -16.6. The fraction of sp³-hybridized carbons (Fsp3) is 0.159. The van der Waals surface area contributed by atoms with Gasteiger partial charge in [0.05, 0.1) is 11.4 Å². The van der Waals surface area contributed by atoms with Crippen molar-refractivity contribution < 1.29 is 17.7 Å². The third-order valence-corrected chi connectivity index (χ3v) is 31.6. The summed E-state index contributed by atoms with van der Waals surface area (Å²) in [5, 5.41) is 4.26. The van der Waals surface area contributed by atoms with E-state index in [1.807, 2.05) is 12.1 Å². The predicted octanol–water partition coefficient (Wildman–Crippen LogP) is 34.5. The standard InChI is InChI=1S/C138H116B2N4O4/c1-84-62-120-132-121(63-84)142(107-78-104(136(9,10)11)77-105(79-107)137(12,13)14)116-61-54-102(135(6,7)8)82-113(116)139(132)110-56-50-92(90-40-30-42-93(68-90)128-73-95-36-23-26-45-124(95)145-128)72-119(110)141(120)106-44-31-41-91(69-106)89-39-29-43-94(67-89)129-76-100-49-48-86(66-127(100)148-129)83-138(15,16)103-55-60-115(109(81-103)88-34-21-18-22-35-88)144-118-58-52-99(131-75-97-38-25-28-47-126(97)147-131)71-112(118)140-111-70-98(130-74-96-37-24-27-46-125(96)146-130)51-57-117(111)143(122-64-85(2)65-123(144)133(122)140)114-59-53-101(134(3,4)5)80-108(114)87-32-19-17-20-33-87/h17-82H,83H2,1-16H3. The molecule has 0 unspecified atom stereocenters. The van der Waals surface area contributed by atoms with Gasteiger partial charge in [-0.3, -0.25) is 0 Å². The van der Waals surface area contributed by atoms with Crippen LogP contribution in [0.15, 0.2) is 418 Å². The van der Waals surface area contributed by atoms with Crippen molar-refractivity contribution in [2.24, 2.45) is 0 Å². The Kier molecular flexibility index (Phi) is 21.2. The highest BCUT2D eigenvalue weighted by molar-refractivity contribution is 7.01. The maximum atomic E-state index is 7.18. The molecule has 22 aromatic rings. The first kappa shape index (κ1) is 91.4. The van der Waals surface area contributed by atoms with Gasteiger partial charge in [-0.1, -0.05) is 327 Å². The van der Waals surface area contributed by atoms with E-state index in [-0.39, 0.29) is 40.5 Å². The van der Waals surface area contributed by atoms with Gasteiger partial charge in [-0.15, -0.1) is 0 Å². The molecule has 0 spiro atoms. The SMILES string of the molecule is Cc1cc2c3c(c1)N(c1cccc(-c4cccc(-c5cc6ccc(CC(C)(C)c7ccc(N8c9ccc(-c%10cc%11ccccc%11o%10)cc9B9c%10cc(-c%11cc%12ccccc%12o%11)ccc%10N(c%10ccc(C(C)(C)C)cc%10-c%10ccccc%10)c%10cc(C)cc8c%109)c(-c8ccccc8)c7)cc6o5)c4)c1)c1cc(-c4cccc(-c5cc6ccccc6o5)c4)ccc1B3c1cc(C(C)(C)C)ccc1N2c1cc(C(C)(C)C)cc(C(C)(C)C)c1. The minimum absolute atomic E-state index is 0.102. The molecule has 10 heteroatoms. The largest absolute Gasteiger partial charge is 0.456 e. The average Bonchev–Trinajstić information content (AvgIpc) is 0.974. The number of furan rings is 4. The molecular formula is C138H116B2N4O4. The van der Waals surface area contributed by atoms with Crippen LogP contribution < -0.4 is 52.4 Å². The van der Waals surface area contributed by atoms with E-state index >= 15 is 0 Å². The van der Waals surface area contributed by atoms with Crippen molar-refractivity contribution in [1.82, 2.24) is 0 Å². The highest BCUT2D eigenvalue weighted by atomic mass is 16.3. The van der Waals surface area contributed by atoms with Crippen LogP contribution in [0.25, 0.3) is 134 Å². The molecule has 0 bridgehead atoms. The van der Waals surface area contributed by atoms with Crippen LogP contribution in [0.5, 0.6) is 0 Å². The minimum atomic E-state index is -0.372. The molecule has 718 valence electrons. The number of rotatable bonds is 15. The maximum absolute atomic E-state index is 7.18. The maximum Gasteiger partial charge on any atom is 0.252 e. The van der Waals surface area contributed by atoms with Crippen LogP contribution in [0, 0.1) is 13.8 Å². The molecule has 0 amide bonds. The summed E-state index contributed by atoms with van der Waals surface area (Å²) in [4.78, 5) is 10.4. The zero-order valence-corrected chi connectivity index (χ0v) is 86.9. The van der Waals surface area contributed by atoms with Crippen LogP contribution in [0.3, 0.4) is 0 Å². The summed E-state index contributed by atoms with van der Waals surface area (Å²) in [7, 11) is 0. The zero-order chi connectivity index (χ0) is 101. The minimum Gasteiger partial charge on any atom is -0.456 e. The van der Waals surface area contributed by atoms with Crippen molar-refractivity contribution in [1.29, 1.82) is 0 Å². The van der Waals surface area contributed by atoms with Crippen LogP contribution in [-0.2, 0) is 33.5 Å². The molecule has 18 aromatic carbocycles. The molecule has 4 aliphatic rings. The number of hydrogen-bond donors (Lipinski definition) is 0. The second-order valence-corrected chi connectivity index (χ2v) is 46.4. The van der Waals surface area contributed by atoms with Gasteiger partial charge in [-0.05, 0) is 328 Å². The van der Waals surface area contributed by atoms with Crippen LogP contribution in [0.1, 0.15) is 141 Å². The molecule has 0 aliphatic carbocycles. The molecule has 4 aromatic heterocycles. The molecule has 0 radical (unpaired) electrons. The Morgan fingerprint density at radius 3 is 1.05 bits per heavy atom. The molecule has 0 saturated heterocycles. The lowest BCUT2D eigenvalue weighted by Gasteiger charge is -2.45. The monoisotopic (exact) mass is 1910 g/mol. The second-order valence-electron chi connectivity index (χ2n) is 46.4. The Morgan fingerprint density at radius 2 is 0.568 bits per heavy atom. The van der Waals surface area contributed by atoms with Crippen molar-refractivity contribution in [3.8, 4) is 89.8 Å². The lowest BCUT2D eigenvalue weighted by molar-refractivity contribution is 0.522. The number of hydrogen-bond acceptors (Lipinski definition) is 8. The van der Waals surface area contributed by atoms with Gasteiger partial charge in [0.1, 0.15) is 45.4 Å². The summed E-state index contributed by atoms with van der Waals surface area (Å²) in [6.45, 7) is 37.1. The van der Waals surface area contributed by atoms with E-state index in [0.29, 0.717) is 0 Å². The van der Waals surface area contributed by atoms with Gasteiger partial charge < -0.3 is 37.3 Å². The summed E-state index contributed by atoms with van der Waals surface area (Å²) in [6.07, 6.45) is 0.744. The predicted molar refractivity (Wildman–Crippen MR) is 625 cm³/mol. The Balaban J connectivity index is 0.571. The highest BCUT2D eigenvalue weighted by Gasteiger charge is 2.48. The van der Waals surface area contributed by atoms with E-state index in [9.17, 15) is 0 Å². The number of nitrogens with zero attached hydrogens (tertiary/aromatic N) is 4. The van der Waals surface area contributed by atoms with Crippen molar-refractivity contribution >= 4 is 158 Å². The van der Waals surface area contributed by atoms with E-state index in [4.69, 9.17) is 17.7 Å². The number of fused-ring (bicyclic) bond motifs is 12. The molecule has 4 aliphatic heterocycles. The fourth-order valence-electron chi connectivity index (χ4n) is 23.8. The number of benzene rings is 18. The van der Waals surface area contributed by atoms with Crippen LogP contribution in [-0.4, -0.2) is 13.4 Å². The van der Waals surface area contributed by atoms with Gasteiger partial charge in [0, 0.05) is 112 Å². The van der Waals surface area contributed by atoms with Crippen molar-refractivity contribution in [2.75, 3.05) is 19.6 Å². The first-order valence-corrected chi connectivity index (χ1v) is 52.3. The second kappa shape index (κ2) is 34.3. The van der Waals surface area contributed by atoms with Crippen molar-refractivity contribution in [2.45, 2.75) is 144 Å². The van der Waals surface area contributed by atoms with Gasteiger partial charge >= 0.3 is 0 Å². The molecule has 8 heterocycles. The smallest absolute Gasteiger partial charge is 0.252 e. The molecule has 26 rings (SSSR count). The van der Waals surface area contributed by atoms with Crippen LogP contribution in [0.4, 0.5) is 68.2 Å². The van der Waals surface area contributed by atoms with E-state index in [1.165, 1.54) is 88.8 Å². The molecule has 8 nitrogen and oxygen atoms in total. The third-order valence-electron chi connectivity index (χ3n) is 31.6. The van der Waals surface area contributed by atoms with Crippen molar-refractivity contribution in [3.63, 3.8) is 0 Å². The van der Waals surface area contributed by atoms with Gasteiger partial charge in [0.15, 0.2) is 0 Å². The molecule has 0 fully saturated rings. The molecular weight excluding hydrogens is 1800 g/mol. The van der Waals surface area contributed by atoms with Gasteiger partial charge in [0.2, 0.25) is 0 Å². The number of para-hydroxylation sites is 3. The summed E-state index contributed by atoms with van der Waals surface area (Å²) in [6, 6.07) is 150. The fourth-order valence-corrected chi connectivity index (χ4v) is 23.8. The number of anilines is 12. The normalized spacial score (nSPS) is 13.4. The Bertz CT molecular complexity index is 9040. The molecule has 0 N–H and O–H groups in total. The topological polar surface area (TPSA) is 65.5 Å². The van der Waals surface area contributed by atoms with Crippen molar-refractivity contribution in [3.05, 3.63) is 445 Å². The first-order valence-electron chi connectivity index (χ1n) is 52.3. The average molecular weight is 1920 g/mol. The molecule has 0 atom stereocenters. The van der Waals surface area contributed by atoms with E-state index < -0.39 is 0 Å². The number of aryl methyl sites for hydroxylation is 2. The summed E-state index contributed by atoms with van der Waals surface area (Å²) >= 11 is 0. The Labute approximate surface area is 868 Å². The summed E-state index contributed by atoms with van der Waals surface area (Å²) < 4.78 is 27.4. The summed E-state index contributed by atoms with van der Waals surface area (Å²) in [5.41, 5.74) is 46.6. The lowest BCUT2D eigenvalue weighted by atomic mass is 9.33. The quantitative estimate of drug-likeness (QED) is 0.0941. The van der Waals surface area contributed by atoms with Gasteiger partial charge in [-0.2, -0.15) is 0 Å². The zero-order valence-electron chi connectivity index (χ0n) is 86.9. The molecule has 148 heavy (non-hydrogen) atoms. The van der Waals surface area contributed by atoms with E-state index in [0.717, 1.165) is 197 Å². The van der Waals surface area contributed by atoms with Crippen LogP contribution in [0.2, 0.25) is 0 Å². The summed E-state index contributed by atoms with van der Waals surface area (Å²) in [5.74, 6) is 3.31. The van der Waals surface area contributed by atoms with Crippen LogP contribution >= 0.6 is 0 Å². The Morgan fingerprint density at radius 1 is 0.209 bits per heavy atom.